The third kappa shape index (κ3) is 5.17. The Hall–Kier alpha value is -2.18. The summed E-state index contributed by atoms with van der Waals surface area (Å²) < 4.78 is 26.9. The molecule has 1 aliphatic rings. The van der Waals surface area contributed by atoms with Crippen molar-refractivity contribution in [2.45, 2.75) is 43.9 Å². The third-order valence-corrected chi connectivity index (χ3v) is 6.73. The molecule has 0 spiro atoms. The maximum atomic E-state index is 12.7. The highest BCUT2D eigenvalue weighted by Crippen LogP contribution is 2.21. The van der Waals surface area contributed by atoms with Gasteiger partial charge in [0.2, 0.25) is 15.9 Å². The summed E-state index contributed by atoms with van der Waals surface area (Å²) in [7, 11) is -3.40. The van der Waals surface area contributed by atoms with Crippen LogP contribution in [0, 0.1) is 6.92 Å². The zero-order valence-corrected chi connectivity index (χ0v) is 16.5. The molecule has 5 nitrogen and oxygen atoms in total. The first-order chi connectivity index (χ1) is 12.9. The minimum atomic E-state index is -3.40. The second-order valence-corrected chi connectivity index (χ2v) is 8.96. The van der Waals surface area contributed by atoms with Crippen LogP contribution in [-0.4, -0.2) is 31.7 Å². The lowest BCUT2D eigenvalue weighted by Crippen LogP contribution is -2.35. The van der Waals surface area contributed by atoms with Crippen molar-refractivity contribution in [1.82, 2.24) is 4.31 Å². The van der Waals surface area contributed by atoms with Crippen LogP contribution in [0.1, 0.15) is 36.8 Å². The van der Waals surface area contributed by atoms with E-state index in [4.69, 9.17) is 0 Å². The van der Waals surface area contributed by atoms with E-state index in [1.54, 1.807) is 28.6 Å². The molecule has 0 atom stereocenters. The van der Waals surface area contributed by atoms with E-state index in [1.165, 1.54) is 0 Å². The lowest BCUT2D eigenvalue weighted by Gasteiger charge is -2.25. The molecule has 1 fully saturated rings. The Labute approximate surface area is 161 Å². The molecule has 0 unspecified atom stereocenters. The summed E-state index contributed by atoms with van der Waals surface area (Å²) in [4.78, 5) is 12.4. The molecule has 0 aromatic heterocycles. The third-order valence-electron chi connectivity index (χ3n) is 4.82. The molecular formula is C21H26N2O3S. The number of amides is 1. The van der Waals surface area contributed by atoms with E-state index in [2.05, 4.69) is 5.32 Å². The topological polar surface area (TPSA) is 66.5 Å². The molecule has 144 valence electrons. The Balaban J connectivity index is 1.56. The van der Waals surface area contributed by atoms with Gasteiger partial charge in [-0.15, -0.1) is 0 Å². The molecule has 0 bridgehead atoms. The number of carbonyl (C=O) groups excluding carboxylic acids is 1. The number of hydrogen-bond acceptors (Lipinski definition) is 3. The molecule has 0 saturated carbocycles. The molecule has 2 aromatic carbocycles. The predicted octanol–water partition coefficient (Wildman–Crippen LogP) is 3.74. The SMILES string of the molecule is Cc1cccc(NC(=O)CCc2ccc(S(=O)(=O)N3CCCCC3)cc2)c1. The normalized spacial score (nSPS) is 15.4. The van der Waals surface area contributed by atoms with Crippen molar-refractivity contribution in [2.24, 2.45) is 0 Å². The molecule has 3 rings (SSSR count). The van der Waals surface area contributed by atoms with Crippen LogP contribution in [0.3, 0.4) is 0 Å². The number of nitrogens with zero attached hydrogens (tertiary/aromatic N) is 1. The first kappa shape index (κ1) is 19.6. The van der Waals surface area contributed by atoms with E-state index in [0.29, 0.717) is 30.8 Å². The van der Waals surface area contributed by atoms with Crippen LogP contribution in [0.5, 0.6) is 0 Å². The van der Waals surface area contributed by atoms with E-state index in [-0.39, 0.29) is 5.91 Å². The zero-order chi connectivity index (χ0) is 19.3. The van der Waals surface area contributed by atoms with E-state index >= 15 is 0 Å². The van der Waals surface area contributed by atoms with Gasteiger partial charge < -0.3 is 5.32 Å². The number of benzene rings is 2. The van der Waals surface area contributed by atoms with E-state index in [1.807, 2.05) is 31.2 Å². The fourth-order valence-corrected chi connectivity index (χ4v) is 4.80. The summed E-state index contributed by atoms with van der Waals surface area (Å²) in [5.74, 6) is -0.0504. The summed E-state index contributed by atoms with van der Waals surface area (Å²) >= 11 is 0. The minimum Gasteiger partial charge on any atom is -0.326 e. The maximum Gasteiger partial charge on any atom is 0.243 e. The highest BCUT2D eigenvalue weighted by atomic mass is 32.2. The Bertz CT molecular complexity index is 886. The molecule has 1 saturated heterocycles. The maximum absolute atomic E-state index is 12.7. The number of rotatable bonds is 6. The van der Waals surface area contributed by atoms with Gasteiger partial charge in [0.15, 0.2) is 0 Å². The van der Waals surface area contributed by atoms with Gasteiger partial charge in [-0.05, 0) is 61.6 Å². The Morgan fingerprint density at radius 2 is 1.74 bits per heavy atom. The Morgan fingerprint density at radius 1 is 1.04 bits per heavy atom. The molecular weight excluding hydrogens is 360 g/mol. The first-order valence-electron chi connectivity index (χ1n) is 9.41. The molecule has 2 aromatic rings. The Kier molecular flexibility index (Phi) is 6.29. The van der Waals surface area contributed by atoms with Gasteiger partial charge in [-0.25, -0.2) is 8.42 Å². The van der Waals surface area contributed by atoms with E-state index in [9.17, 15) is 13.2 Å². The molecule has 1 heterocycles. The van der Waals surface area contributed by atoms with Crippen molar-refractivity contribution in [2.75, 3.05) is 18.4 Å². The van der Waals surface area contributed by atoms with E-state index in [0.717, 1.165) is 36.1 Å². The lowest BCUT2D eigenvalue weighted by atomic mass is 10.1. The first-order valence-corrected chi connectivity index (χ1v) is 10.8. The van der Waals surface area contributed by atoms with Gasteiger partial charge in [-0.1, -0.05) is 30.7 Å². The van der Waals surface area contributed by atoms with Crippen LogP contribution in [-0.2, 0) is 21.2 Å². The molecule has 1 N–H and O–H groups in total. The average molecular weight is 387 g/mol. The van der Waals surface area contributed by atoms with Gasteiger partial charge >= 0.3 is 0 Å². The van der Waals surface area contributed by atoms with Gasteiger partial charge in [-0.2, -0.15) is 4.31 Å². The highest BCUT2D eigenvalue weighted by molar-refractivity contribution is 7.89. The van der Waals surface area contributed by atoms with Crippen LogP contribution in [0.25, 0.3) is 0 Å². The summed E-state index contributed by atoms with van der Waals surface area (Å²) in [6.07, 6.45) is 3.87. The number of nitrogens with one attached hydrogen (secondary N) is 1. The largest absolute Gasteiger partial charge is 0.326 e. The van der Waals surface area contributed by atoms with Crippen LogP contribution in [0.4, 0.5) is 5.69 Å². The zero-order valence-electron chi connectivity index (χ0n) is 15.6. The molecule has 6 heteroatoms. The quantitative estimate of drug-likeness (QED) is 0.822. The summed E-state index contributed by atoms with van der Waals surface area (Å²) in [6, 6.07) is 14.6. The van der Waals surface area contributed by atoms with Crippen LogP contribution in [0.2, 0.25) is 0 Å². The fraction of sp³-hybridized carbons (Fsp3) is 0.381. The van der Waals surface area contributed by atoms with Gasteiger partial charge in [-0.3, -0.25) is 4.79 Å². The molecule has 0 aliphatic carbocycles. The van der Waals surface area contributed by atoms with Crippen LogP contribution >= 0.6 is 0 Å². The number of aryl methyl sites for hydroxylation is 2. The summed E-state index contributed by atoms with van der Waals surface area (Å²) in [5.41, 5.74) is 2.84. The number of anilines is 1. The van der Waals surface area contributed by atoms with Crippen molar-refractivity contribution in [3.8, 4) is 0 Å². The van der Waals surface area contributed by atoms with E-state index < -0.39 is 10.0 Å². The number of piperidine rings is 1. The van der Waals surface area contributed by atoms with Crippen LogP contribution in [0.15, 0.2) is 53.4 Å². The second kappa shape index (κ2) is 8.67. The van der Waals surface area contributed by atoms with Gasteiger partial charge in [0.25, 0.3) is 0 Å². The summed E-state index contributed by atoms with van der Waals surface area (Å²) in [5, 5.41) is 2.89. The minimum absolute atomic E-state index is 0.0504. The number of carbonyl (C=O) groups is 1. The average Bonchev–Trinajstić information content (AvgIpc) is 2.67. The molecule has 0 radical (unpaired) electrons. The smallest absolute Gasteiger partial charge is 0.243 e. The van der Waals surface area contributed by atoms with Crippen LogP contribution < -0.4 is 5.32 Å². The van der Waals surface area contributed by atoms with Gasteiger partial charge in [0.1, 0.15) is 0 Å². The monoisotopic (exact) mass is 386 g/mol. The predicted molar refractivity (Wildman–Crippen MR) is 107 cm³/mol. The number of sulfonamides is 1. The van der Waals surface area contributed by atoms with Crippen molar-refractivity contribution in [3.05, 3.63) is 59.7 Å². The van der Waals surface area contributed by atoms with Gasteiger partial charge in [0, 0.05) is 25.2 Å². The van der Waals surface area contributed by atoms with Crippen molar-refractivity contribution in [1.29, 1.82) is 0 Å². The summed E-state index contributed by atoms with van der Waals surface area (Å²) in [6.45, 7) is 3.18. The fourth-order valence-electron chi connectivity index (χ4n) is 3.29. The van der Waals surface area contributed by atoms with Gasteiger partial charge in [0.05, 0.1) is 4.90 Å². The Morgan fingerprint density at radius 3 is 2.41 bits per heavy atom. The number of hydrogen-bond donors (Lipinski definition) is 1. The van der Waals surface area contributed by atoms with Crippen molar-refractivity contribution in [3.63, 3.8) is 0 Å². The standard InChI is InChI=1S/C21H26N2O3S/c1-17-6-5-7-19(16-17)22-21(24)13-10-18-8-11-20(12-9-18)27(25,26)23-14-3-2-4-15-23/h5-9,11-12,16H,2-4,10,13-15H2,1H3,(H,22,24). The second-order valence-electron chi connectivity index (χ2n) is 7.03. The van der Waals surface area contributed by atoms with Crippen molar-refractivity contribution < 1.29 is 13.2 Å². The molecule has 27 heavy (non-hydrogen) atoms. The lowest BCUT2D eigenvalue weighted by molar-refractivity contribution is -0.116. The molecule has 1 aliphatic heterocycles. The highest BCUT2D eigenvalue weighted by Gasteiger charge is 2.25. The van der Waals surface area contributed by atoms with Crippen molar-refractivity contribution >= 4 is 21.6 Å². The molecule has 1 amide bonds.